The molecule has 4 saturated carbocycles. The Morgan fingerprint density at radius 3 is 2.26 bits per heavy atom. The fraction of sp³-hybridized carbons (Fsp3) is 0.938. The first-order chi connectivity index (χ1) is 30.1. The van der Waals surface area contributed by atoms with E-state index in [0.29, 0.717) is 51.5 Å². The summed E-state index contributed by atoms with van der Waals surface area (Å²) >= 11 is 2.20. The Kier molecular flexibility index (Phi) is 13.2. The van der Waals surface area contributed by atoms with Gasteiger partial charge in [0.15, 0.2) is 0 Å². The molecule has 346 valence electrons. The lowest BCUT2D eigenvalue weighted by molar-refractivity contribution is -0.127. The van der Waals surface area contributed by atoms with E-state index in [9.17, 15) is 10.1 Å². The highest BCUT2D eigenvalue weighted by Crippen LogP contribution is 2.62. The zero-order chi connectivity index (χ0) is 42.8. The van der Waals surface area contributed by atoms with Crippen LogP contribution >= 0.6 is 11.8 Å². The van der Waals surface area contributed by atoms with Crippen molar-refractivity contribution < 1.29 is 14.3 Å². The maximum Gasteiger partial charge on any atom is 0.238 e. The molecule has 0 aromatic rings. The predicted molar refractivity (Wildman–Crippen MR) is 244 cm³/mol. The van der Waals surface area contributed by atoms with Crippen molar-refractivity contribution in [2.24, 2.45) is 39.5 Å². The molecule has 10 aliphatic rings. The summed E-state index contributed by atoms with van der Waals surface area (Å²) in [5.41, 5.74) is 16.8. The second kappa shape index (κ2) is 18.4. The zero-order valence-corrected chi connectivity index (χ0v) is 39.5. The molecule has 0 bridgehead atoms. The zero-order valence-electron chi connectivity index (χ0n) is 38.7. The number of carbonyl (C=O) groups excluding carboxylic acids is 1. The standard InChI is InChI=1S/C48H80N10O3S/c1-29-31(3)62-46-42(29)43(50-30(2)44-55-52-32(4)58(44)46)33-7-12-36(13-8-33)56-23-21-48(47(27-56)19-6-20-47)22-24-57(28-48)41-18-17-39(53-54-41)45(59)51-35-10-15-37(16-11-35)61-38-14-9-34(26-49)40(25-38)60-5/h29-42,44,46,52-55H,6-25,27-28H2,1-5H3,(H,51,59)/t29?,30-,31?,32?,33?,34?,35?,36?,37?,38?,39?,40?,41?,42?,44?,46?,48?/m0/s1. The Bertz CT molecular complexity index is 1650. The molecule has 10 rings (SSSR count). The van der Waals surface area contributed by atoms with Crippen LogP contribution in [0.4, 0.5) is 0 Å². The number of nitriles is 1. The number of piperidine rings is 1. The van der Waals surface area contributed by atoms with E-state index in [1.807, 2.05) is 0 Å². The van der Waals surface area contributed by atoms with Crippen LogP contribution in [0.25, 0.3) is 0 Å². The highest BCUT2D eigenvalue weighted by atomic mass is 32.2. The van der Waals surface area contributed by atoms with Crippen LogP contribution in [-0.2, 0) is 14.3 Å². The van der Waals surface area contributed by atoms with E-state index < -0.39 is 0 Å². The van der Waals surface area contributed by atoms with Crippen molar-refractivity contribution in [3.63, 3.8) is 0 Å². The van der Waals surface area contributed by atoms with Crippen LogP contribution < -0.4 is 27.0 Å². The van der Waals surface area contributed by atoms with Crippen LogP contribution in [0.2, 0.25) is 0 Å². The van der Waals surface area contributed by atoms with E-state index in [-0.39, 0.29) is 54.4 Å². The van der Waals surface area contributed by atoms with Gasteiger partial charge in [-0.15, -0.1) is 11.8 Å². The molecular weight excluding hydrogens is 797 g/mol. The Labute approximate surface area is 377 Å². The van der Waals surface area contributed by atoms with Crippen molar-refractivity contribution in [1.82, 2.24) is 41.7 Å². The monoisotopic (exact) mass is 877 g/mol. The third kappa shape index (κ3) is 8.25. The highest BCUT2D eigenvalue weighted by Gasteiger charge is 2.61. The van der Waals surface area contributed by atoms with E-state index in [2.05, 4.69) is 87.2 Å². The fourth-order valence-corrected chi connectivity index (χ4v) is 16.7. The first kappa shape index (κ1) is 44.5. The molecular formula is C48H80N10O3S. The van der Waals surface area contributed by atoms with Gasteiger partial charge in [0, 0.05) is 62.1 Å². The Morgan fingerprint density at radius 1 is 0.839 bits per heavy atom. The number of nitrogens with zero attached hydrogens (tertiary/aromatic N) is 5. The van der Waals surface area contributed by atoms with E-state index in [1.54, 1.807) is 12.8 Å². The number of hydrogen-bond acceptors (Lipinski definition) is 13. The van der Waals surface area contributed by atoms with E-state index in [0.717, 1.165) is 63.8 Å². The fourth-order valence-electron chi connectivity index (χ4n) is 14.8. The molecule has 13 atom stereocenters. The molecule has 0 radical (unpaired) electrons. The van der Waals surface area contributed by atoms with Crippen molar-refractivity contribution in [3.8, 4) is 6.07 Å². The molecule has 14 heteroatoms. The summed E-state index contributed by atoms with van der Waals surface area (Å²) in [7, 11) is 1.71. The molecule has 9 fully saturated rings. The highest BCUT2D eigenvalue weighted by molar-refractivity contribution is 8.00. The second-order valence-corrected chi connectivity index (χ2v) is 23.6. The summed E-state index contributed by atoms with van der Waals surface area (Å²) in [6.07, 6.45) is 21.7. The summed E-state index contributed by atoms with van der Waals surface area (Å²) in [5.74, 6) is 1.96. The van der Waals surface area contributed by atoms with Crippen molar-refractivity contribution in [1.29, 1.82) is 5.26 Å². The maximum atomic E-state index is 13.5. The van der Waals surface area contributed by atoms with Crippen LogP contribution in [0.15, 0.2) is 4.99 Å². The van der Waals surface area contributed by atoms with Gasteiger partial charge in [-0.3, -0.25) is 24.5 Å². The molecule has 6 aliphatic heterocycles. The van der Waals surface area contributed by atoms with Gasteiger partial charge in [-0.05, 0) is 146 Å². The minimum absolute atomic E-state index is 0.0238. The number of hydrazine groups is 2. The van der Waals surface area contributed by atoms with Gasteiger partial charge in [-0.2, -0.15) is 5.26 Å². The molecule has 12 unspecified atom stereocenters. The molecule has 0 aromatic carbocycles. The van der Waals surface area contributed by atoms with Gasteiger partial charge < -0.3 is 14.8 Å². The lowest BCUT2D eigenvalue weighted by Gasteiger charge is -2.61. The topological polar surface area (TPSA) is 142 Å². The average Bonchev–Trinajstić information content (AvgIpc) is 3.95. The van der Waals surface area contributed by atoms with Gasteiger partial charge in [0.25, 0.3) is 0 Å². The first-order valence-electron chi connectivity index (χ1n) is 25.5. The number of thioether (sulfide) groups is 1. The van der Waals surface area contributed by atoms with Crippen LogP contribution in [0.3, 0.4) is 0 Å². The van der Waals surface area contributed by atoms with Gasteiger partial charge in [0.2, 0.25) is 5.91 Å². The molecule has 6 heterocycles. The van der Waals surface area contributed by atoms with Gasteiger partial charge in [0.1, 0.15) is 6.04 Å². The molecule has 5 saturated heterocycles. The third-order valence-electron chi connectivity index (χ3n) is 19.0. The number of ether oxygens (including phenoxy) is 2. The van der Waals surface area contributed by atoms with Crippen LogP contribution in [0.5, 0.6) is 0 Å². The van der Waals surface area contributed by atoms with Crippen LogP contribution in [0.1, 0.15) is 143 Å². The second-order valence-electron chi connectivity index (χ2n) is 22.1. The number of carbonyl (C=O) groups is 1. The predicted octanol–water partition coefficient (Wildman–Crippen LogP) is 5.49. The SMILES string of the molecule is COC1CC(OC2CCC(NC(=O)C3CCC(N4CCC5(CCN(C6CCC(C7=N[C@@H](C)C8NNC(C)N8C8SC(C)C(C)C78)CC6)CC56CCC6)C4)NN3)CC2)CCC1C#N. The number of fused-ring (bicyclic) bond motifs is 4. The normalized spacial score (nSPS) is 47.6. The van der Waals surface area contributed by atoms with Gasteiger partial charge in [0.05, 0.1) is 60.2 Å². The summed E-state index contributed by atoms with van der Waals surface area (Å²) in [5, 5.41) is 14.0. The Balaban J connectivity index is 0.679. The largest absolute Gasteiger partial charge is 0.380 e. The number of aliphatic imine (C=N–C) groups is 1. The number of amides is 1. The number of hydrogen-bond donors (Lipinski definition) is 5. The Morgan fingerprint density at radius 2 is 1.56 bits per heavy atom. The van der Waals surface area contributed by atoms with Crippen LogP contribution in [-0.4, -0.2) is 131 Å². The van der Waals surface area contributed by atoms with Gasteiger partial charge in [-0.1, -0.05) is 20.3 Å². The molecule has 5 N–H and O–H groups in total. The lowest BCUT2D eigenvalue weighted by Crippen LogP contribution is -2.64. The van der Waals surface area contributed by atoms with Gasteiger partial charge >= 0.3 is 0 Å². The third-order valence-corrected chi connectivity index (χ3v) is 20.7. The summed E-state index contributed by atoms with van der Waals surface area (Å²) in [6.45, 7) is 14.6. The van der Waals surface area contributed by atoms with E-state index >= 15 is 0 Å². The van der Waals surface area contributed by atoms with Crippen molar-refractivity contribution in [2.75, 3.05) is 33.3 Å². The molecule has 13 nitrogen and oxygen atoms in total. The minimum Gasteiger partial charge on any atom is -0.380 e. The van der Waals surface area contributed by atoms with Gasteiger partial charge in [-0.25, -0.2) is 21.7 Å². The number of rotatable bonds is 8. The smallest absolute Gasteiger partial charge is 0.238 e. The molecule has 1 amide bonds. The Hall–Kier alpha value is -1.38. The summed E-state index contributed by atoms with van der Waals surface area (Å²) in [4.78, 5) is 27.6. The van der Waals surface area contributed by atoms with Crippen molar-refractivity contribution in [3.05, 3.63) is 0 Å². The number of methoxy groups -OCH3 is 1. The first-order valence-corrected chi connectivity index (χ1v) is 26.4. The lowest BCUT2D eigenvalue weighted by atomic mass is 9.49. The quantitative estimate of drug-likeness (QED) is 0.211. The maximum absolute atomic E-state index is 13.5. The molecule has 62 heavy (non-hydrogen) atoms. The van der Waals surface area contributed by atoms with E-state index in [1.165, 1.54) is 84.0 Å². The summed E-state index contributed by atoms with van der Waals surface area (Å²) in [6, 6.07) is 3.42. The van der Waals surface area contributed by atoms with Crippen molar-refractivity contribution >= 4 is 23.4 Å². The molecule has 2 spiro atoms. The molecule has 0 aromatic heterocycles. The van der Waals surface area contributed by atoms with Crippen molar-refractivity contribution in [2.45, 2.75) is 215 Å². The minimum atomic E-state index is -0.187. The number of likely N-dealkylation sites (tertiary alicyclic amines) is 2. The summed E-state index contributed by atoms with van der Waals surface area (Å²) < 4.78 is 12.1. The molecule has 4 aliphatic carbocycles. The van der Waals surface area contributed by atoms with Crippen LogP contribution in [0, 0.1) is 45.8 Å². The van der Waals surface area contributed by atoms with E-state index in [4.69, 9.17) is 14.5 Å². The number of nitrogens with one attached hydrogen (secondary N) is 5. The average molecular weight is 877 g/mol.